The number of ether oxygens (including phenoxy) is 1. The molecule has 2 aliphatic heterocycles. The summed E-state index contributed by atoms with van der Waals surface area (Å²) in [4.78, 5) is 39.3. The molecule has 6 nitrogen and oxygen atoms in total. The van der Waals surface area contributed by atoms with E-state index in [-0.39, 0.29) is 30.5 Å². The molecule has 0 bridgehead atoms. The van der Waals surface area contributed by atoms with Crippen LogP contribution < -0.4 is 0 Å². The summed E-state index contributed by atoms with van der Waals surface area (Å²) in [5.41, 5.74) is 0.890. The summed E-state index contributed by atoms with van der Waals surface area (Å²) in [5, 5.41) is 0. The van der Waals surface area contributed by atoms with Gasteiger partial charge in [-0.05, 0) is 25.5 Å². The van der Waals surface area contributed by atoms with E-state index in [9.17, 15) is 14.4 Å². The van der Waals surface area contributed by atoms with Gasteiger partial charge in [-0.1, -0.05) is 12.1 Å². The van der Waals surface area contributed by atoms with Gasteiger partial charge in [0.15, 0.2) is 0 Å². The Morgan fingerprint density at radius 1 is 1.23 bits per heavy atom. The van der Waals surface area contributed by atoms with Crippen molar-refractivity contribution in [3.8, 4) is 0 Å². The monoisotopic (exact) mass is 302 g/mol. The molecule has 3 amide bonds. The average molecular weight is 302 g/mol. The number of carbonyl (C=O) groups excluding carboxylic acids is 3. The Kier molecular flexibility index (Phi) is 3.94. The van der Waals surface area contributed by atoms with Gasteiger partial charge in [0.05, 0.1) is 17.7 Å². The fourth-order valence-corrected chi connectivity index (χ4v) is 2.90. The maximum absolute atomic E-state index is 12.2. The molecule has 1 unspecified atom stereocenters. The fraction of sp³-hybridized carbons (Fsp3) is 0.438. The van der Waals surface area contributed by atoms with Crippen molar-refractivity contribution in [2.24, 2.45) is 0 Å². The van der Waals surface area contributed by atoms with Crippen LogP contribution >= 0.6 is 0 Å². The van der Waals surface area contributed by atoms with Crippen LogP contribution in [0.5, 0.6) is 0 Å². The molecule has 3 rings (SSSR count). The molecular weight excluding hydrogens is 284 g/mol. The predicted octanol–water partition coefficient (Wildman–Crippen LogP) is 1.27. The van der Waals surface area contributed by atoms with Crippen molar-refractivity contribution >= 4 is 17.7 Å². The highest BCUT2D eigenvalue weighted by atomic mass is 16.5. The topological polar surface area (TPSA) is 66.9 Å². The van der Waals surface area contributed by atoms with Gasteiger partial charge >= 0.3 is 0 Å². The smallest absolute Gasteiger partial charge is 0.261 e. The maximum atomic E-state index is 12.2. The van der Waals surface area contributed by atoms with Crippen molar-refractivity contribution in [2.45, 2.75) is 26.0 Å². The van der Waals surface area contributed by atoms with Crippen LogP contribution in [0.1, 0.15) is 40.5 Å². The van der Waals surface area contributed by atoms with Gasteiger partial charge in [0.2, 0.25) is 5.91 Å². The minimum Gasteiger partial charge on any atom is -0.357 e. The molecule has 116 valence electrons. The zero-order chi connectivity index (χ0) is 15.7. The van der Waals surface area contributed by atoms with E-state index in [0.29, 0.717) is 37.1 Å². The van der Waals surface area contributed by atoms with E-state index in [1.807, 2.05) is 6.92 Å². The molecule has 1 fully saturated rings. The lowest BCUT2D eigenvalue weighted by atomic mass is 10.1. The molecular formula is C16H18N2O4. The number of fused-ring (bicyclic) bond motifs is 1. The van der Waals surface area contributed by atoms with E-state index in [1.54, 1.807) is 29.2 Å². The summed E-state index contributed by atoms with van der Waals surface area (Å²) in [6, 6.07) is 6.80. The first-order valence-corrected chi connectivity index (χ1v) is 7.46. The summed E-state index contributed by atoms with van der Waals surface area (Å²) in [6.07, 6.45) is 0.584. The second-order valence-corrected chi connectivity index (χ2v) is 5.47. The van der Waals surface area contributed by atoms with Gasteiger partial charge in [-0.3, -0.25) is 19.3 Å². The van der Waals surface area contributed by atoms with E-state index in [2.05, 4.69) is 0 Å². The first-order chi connectivity index (χ1) is 10.6. The van der Waals surface area contributed by atoms with Gasteiger partial charge in [0, 0.05) is 19.5 Å². The number of carbonyl (C=O) groups is 3. The highest BCUT2D eigenvalue weighted by Crippen LogP contribution is 2.22. The summed E-state index contributed by atoms with van der Waals surface area (Å²) >= 11 is 0. The quantitative estimate of drug-likeness (QED) is 0.786. The van der Waals surface area contributed by atoms with E-state index in [1.165, 1.54) is 4.90 Å². The first-order valence-electron chi connectivity index (χ1n) is 7.46. The Morgan fingerprint density at radius 2 is 1.86 bits per heavy atom. The molecule has 0 radical (unpaired) electrons. The van der Waals surface area contributed by atoms with Crippen molar-refractivity contribution < 1.29 is 19.1 Å². The van der Waals surface area contributed by atoms with Gasteiger partial charge in [-0.25, -0.2) is 0 Å². The van der Waals surface area contributed by atoms with E-state index >= 15 is 0 Å². The minimum atomic E-state index is -0.272. The van der Waals surface area contributed by atoms with Crippen LogP contribution in [0, 0.1) is 0 Å². The molecule has 1 atom stereocenters. The summed E-state index contributed by atoms with van der Waals surface area (Å²) in [7, 11) is 0. The second kappa shape index (κ2) is 5.88. The number of nitrogens with zero attached hydrogens (tertiary/aromatic N) is 2. The molecule has 0 saturated carbocycles. The number of rotatable bonds is 4. The molecule has 0 aliphatic carbocycles. The average Bonchev–Trinajstić information content (AvgIpc) is 3.05. The SMILES string of the molecule is CC1OCCN1C(=O)CCCN1C(=O)c2ccccc2C1=O. The number of benzene rings is 1. The standard InChI is InChI=1S/C16H18N2O4/c1-11-17(9-10-22-11)14(19)7-4-8-18-15(20)12-5-2-3-6-13(12)16(18)21/h2-3,5-6,11H,4,7-10H2,1H3. The van der Waals surface area contributed by atoms with Gasteiger partial charge in [-0.15, -0.1) is 0 Å². The third-order valence-corrected chi connectivity index (χ3v) is 4.10. The minimum absolute atomic E-state index is 0.00149. The molecule has 0 spiro atoms. The van der Waals surface area contributed by atoms with Gasteiger partial charge in [-0.2, -0.15) is 0 Å². The number of hydrogen-bond donors (Lipinski definition) is 0. The maximum Gasteiger partial charge on any atom is 0.261 e. The van der Waals surface area contributed by atoms with Gasteiger partial charge in [0.1, 0.15) is 6.23 Å². The number of hydrogen-bond acceptors (Lipinski definition) is 4. The largest absolute Gasteiger partial charge is 0.357 e. The molecule has 2 aliphatic rings. The molecule has 0 aromatic heterocycles. The Hall–Kier alpha value is -2.21. The van der Waals surface area contributed by atoms with Crippen LogP contribution in [-0.4, -0.2) is 53.4 Å². The third kappa shape index (κ3) is 2.50. The van der Waals surface area contributed by atoms with E-state index in [4.69, 9.17) is 4.74 Å². The van der Waals surface area contributed by atoms with Crippen molar-refractivity contribution in [2.75, 3.05) is 19.7 Å². The highest BCUT2D eigenvalue weighted by Gasteiger charge is 2.34. The number of amides is 3. The first kappa shape index (κ1) is 14.7. The van der Waals surface area contributed by atoms with Crippen LogP contribution in [0.15, 0.2) is 24.3 Å². The van der Waals surface area contributed by atoms with Crippen LogP contribution in [0.25, 0.3) is 0 Å². The van der Waals surface area contributed by atoms with Gasteiger partial charge in [0.25, 0.3) is 11.8 Å². The molecule has 1 saturated heterocycles. The summed E-state index contributed by atoms with van der Waals surface area (Å²) in [6.45, 7) is 3.27. The normalized spacial score (nSPS) is 20.7. The van der Waals surface area contributed by atoms with Crippen molar-refractivity contribution in [1.29, 1.82) is 0 Å². The lowest BCUT2D eigenvalue weighted by molar-refractivity contribution is -0.135. The van der Waals surface area contributed by atoms with Crippen LogP contribution in [0.2, 0.25) is 0 Å². The second-order valence-electron chi connectivity index (χ2n) is 5.47. The lowest BCUT2D eigenvalue weighted by Gasteiger charge is -2.20. The summed E-state index contributed by atoms with van der Waals surface area (Å²) in [5.74, 6) is -0.543. The van der Waals surface area contributed by atoms with Crippen LogP contribution in [-0.2, 0) is 9.53 Å². The zero-order valence-electron chi connectivity index (χ0n) is 12.4. The molecule has 6 heteroatoms. The van der Waals surface area contributed by atoms with E-state index in [0.717, 1.165) is 0 Å². The molecule has 1 aromatic carbocycles. The predicted molar refractivity (Wildman–Crippen MR) is 78.2 cm³/mol. The summed E-state index contributed by atoms with van der Waals surface area (Å²) < 4.78 is 5.33. The lowest BCUT2D eigenvalue weighted by Crippen LogP contribution is -2.35. The fourth-order valence-electron chi connectivity index (χ4n) is 2.90. The van der Waals surface area contributed by atoms with Gasteiger partial charge < -0.3 is 9.64 Å². The van der Waals surface area contributed by atoms with Crippen LogP contribution in [0.3, 0.4) is 0 Å². The zero-order valence-corrected chi connectivity index (χ0v) is 12.4. The van der Waals surface area contributed by atoms with Crippen molar-refractivity contribution in [3.05, 3.63) is 35.4 Å². The Labute approximate surface area is 128 Å². The molecule has 0 N–H and O–H groups in total. The highest BCUT2D eigenvalue weighted by molar-refractivity contribution is 6.21. The Morgan fingerprint density at radius 3 is 2.41 bits per heavy atom. The van der Waals surface area contributed by atoms with E-state index < -0.39 is 0 Å². The Balaban J connectivity index is 1.56. The number of imide groups is 1. The van der Waals surface area contributed by atoms with Crippen LogP contribution in [0.4, 0.5) is 0 Å². The van der Waals surface area contributed by atoms with Crippen molar-refractivity contribution in [1.82, 2.24) is 9.80 Å². The third-order valence-electron chi connectivity index (χ3n) is 4.10. The molecule has 1 aromatic rings. The van der Waals surface area contributed by atoms with Crippen molar-refractivity contribution in [3.63, 3.8) is 0 Å². The molecule has 2 heterocycles. The molecule has 22 heavy (non-hydrogen) atoms. The Bertz CT molecular complexity index is 593.